The molecule has 27 heavy (non-hydrogen) atoms. The molecule has 1 N–H and O–H groups in total. The minimum absolute atomic E-state index is 0.0894. The van der Waals surface area contributed by atoms with Crippen molar-refractivity contribution in [2.45, 2.75) is 30.9 Å². The normalized spacial score (nSPS) is 16.2. The number of hydrogen-bond donors (Lipinski definition) is 1. The van der Waals surface area contributed by atoms with E-state index in [1.54, 1.807) is 0 Å². The molecule has 0 bridgehead atoms. The summed E-state index contributed by atoms with van der Waals surface area (Å²) in [5.74, 6) is -0.354. The maximum absolute atomic E-state index is 12.6. The lowest BCUT2D eigenvalue weighted by Crippen LogP contribution is -2.23. The fourth-order valence-electron chi connectivity index (χ4n) is 3.35. The average Bonchev–Trinajstić information content (AvgIpc) is 3.34. The van der Waals surface area contributed by atoms with Gasteiger partial charge in [-0.2, -0.15) is 0 Å². The second-order valence-corrected chi connectivity index (χ2v) is 7.96. The first-order valence-corrected chi connectivity index (χ1v) is 9.73. The largest absolute Gasteiger partial charge is 0.487 e. The molecule has 2 aliphatic rings. The van der Waals surface area contributed by atoms with Crippen LogP contribution < -0.4 is 15.0 Å². The molecule has 1 saturated carbocycles. The highest BCUT2D eigenvalue weighted by molar-refractivity contribution is 9.10. The van der Waals surface area contributed by atoms with Gasteiger partial charge in [-0.15, -0.1) is 8.78 Å². The van der Waals surface area contributed by atoms with Crippen LogP contribution in [0.25, 0.3) is 0 Å². The fourth-order valence-corrected chi connectivity index (χ4v) is 4.16. The summed E-state index contributed by atoms with van der Waals surface area (Å²) >= 11 is 8.34. The van der Waals surface area contributed by atoms with E-state index in [4.69, 9.17) is 11.6 Å². The molecule has 0 radical (unpaired) electrons. The van der Waals surface area contributed by atoms with Crippen molar-refractivity contribution in [3.05, 3.63) is 52.0 Å². The smallest absolute Gasteiger partial charge is 0.420 e. The molecule has 8 heteroatoms. The molecular weight excluding hydrogens is 442 g/mol. The van der Waals surface area contributed by atoms with Crippen LogP contribution in [0.3, 0.4) is 0 Å². The highest BCUT2D eigenvalue weighted by Crippen LogP contribution is 2.42. The van der Waals surface area contributed by atoms with Crippen LogP contribution in [0.15, 0.2) is 40.9 Å². The first kappa shape index (κ1) is 18.5. The lowest BCUT2D eigenvalue weighted by Gasteiger charge is -2.20. The van der Waals surface area contributed by atoms with E-state index in [0.717, 1.165) is 23.0 Å². The minimum atomic E-state index is -3.77. The Morgan fingerprint density at radius 1 is 1.26 bits per heavy atom. The van der Waals surface area contributed by atoms with Gasteiger partial charge in [-0.1, -0.05) is 0 Å². The summed E-state index contributed by atoms with van der Waals surface area (Å²) in [6.45, 7) is 0.982. The van der Waals surface area contributed by atoms with Gasteiger partial charge in [0, 0.05) is 39.9 Å². The summed E-state index contributed by atoms with van der Waals surface area (Å²) in [7, 11) is 0. The zero-order chi connectivity index (χ0) is 19.2. The van der Waals surface area contributed by atoms with E-state index >= 15 is 0 Å². The molecular formula is C19H16BrClF2N2O2. The van der Waals surface area contributed by atoms with E-state index in [9.17, 15) is 13.6 Å². The van der Waals surface area contributed by atoms with Gasteiger partial charge >= 0.3 is 5.57 Å². The molecule has 0 atom stereocenters. The number of carbonyl (C=O) groups is 1. The molecule has 0 spiro atoms. The Balaban J connectivity index is 1.48. The van der Waals surface area contributed by atoms with Crippen molar-refractivity contribution < 1.29 is 18.3 Å². The van der Waals surface area contributed by atoms with Crippen LogP contribution in [0, 0.1) is 0 Å². The van der Waals surface area contributed by atoms with Crippen LogP contribution in [0.5, 0.6) is 5.75 Å². The Labute approximate surface area is 168 Å². The third-order valence-electron chi connectivity index (χ3n) is 4.65. The van der Waals surface area contributed by atoms with Gasteiger partial charge in [0.25, 0.3) is 5.91 Å². The Morgan fingerprint density at radius 2 is 1.96 bits per heavy atom. The third-order valence-corrected chi connectivity index (χ3v) is 5.33. The number of amides is 1. The Morgan fingerprint density at radius 3 is 2.59 bits per heavy atom. The molecule has 0 saturated heterocycles. The fraction of sp³-hybridized carbons (Fsp3) is 0.316. The van der Waals surface area contributed by atoms with Crippen LogP contribution >= 0.6 is 27.5 Å². The van der Waals surface area contributed by atoms with Gasteiger partial charge in [0.05, 0.1) is 5.69 Å². The first-order chi connectivity index (χ1) is 12.8. The second-order valence-electron chi connectivity index (χ2n) is 6.67. The Kier molecular flexibility index (Phi) is 4.76. The number of anilines is 2. The van der Waals surface area contributed by atoms with Gasteiger partial charge in [-0.05, 0) is 77.2 Å². The number of nitrogens with zero attached hydrogens (tertiary/aromatic N) is 1. The molecule has 142 valence electrons. The van der Waals surface area contributed by atoms with Crippen LogP contribution in [0.2, 0.25) is 0 Å². The molecule has 2 aromatic carbocycles. The predicted molar refractivity (Wildman–Crippen MR) is 104 cm³/mol. The molecule has 0 aromatic heterocycles. The Bertz CT molecular complexity index is 883. The van der Waals surface area contributed by atoms with E-state index < -0.39 is 5.57 Å². The maximum atomic E-state index is 12.6. The first-order valence-electron chi connectivity index (χ1n) is 8.56. The zero-order valence-electron chi connectivity index (χ0n) is 14.1. The van der Waals surface area contributed by atoms with Crippen LogP contribution in [0.1, 0.15) is 28.8 Å². The molecule has 1 aliphatic heterocycles. The van der Waals surface area contributed by atoms with E-state index in [1.807, 2.05) is 12.1 Å². The number of halogens is 4. The summed E-state index contributed by atoms with van der Waals surface area (Å²) in [5, 5.41) is 2.76. The Hall–Kier alpha value is -1.86. The molecule has 4 rings (SSSR count). The summed E-state index contributed by atoms with van der Waals surface area (Å²) in [6, 6.07) is 9.96. The van der Waals surface area contributed by atoms with Gasteiger partial charge in [0.15, 0.2) is 0 Å². The van der Waals surface area contributed by atoms with Crippen LogP contribution in [0.4, 0.5) is 20.2 Å². The number of rotatable bonds is 5. The van der Waals surface area contributed by atoms with Gasteiger partial charge < -0.3 is 15.0 Å². The number of nitrogens with one attached hydrogen (secondary N) is 1. The molecule has 1 heterocycles. The number of ether oxygens (including phenoxy) is 1. The standard InChI is InChI=1S/C19H16BrClF2N2O2/c20-16-10-12(9-11-7-8-25(17(11)16)14-3-4-14)18(26)24-13-1-5-15(6-2-13)27-19(21,22)23/h1-2,5-6,9-10,14H,3-4,7-8H2,(H,24,26). The summed E-state index contributed by atoms with van der Waals surface area (Å²) < 4.78 is 30.4. The van der Waals surface area contributed by atoms with Gasteiger partial charge in [-0.25, -0.2) is 0 Å². The second kappa shape index (κ2) is 6.95. The number of alkyl halides is 3. The van der Waals surface area contributed by atoms with Crippen molar-refractivity contribution in [3.63, 3.8) is 0 Å². The molecule has 4 nitrogen and oxygen atoms in total. The SMILES string of the molecule is O=C(Nc1ccc(OC(F)(F)Cl)cc1)c1cc(Br)c2c(c1)CCN2C1CC1. The van der Waals surface area contributed by atoms with Crippen LogP contribution in [-0.2, 0) is 6.42 Å². The molecule has 0 unspecified atom stereocenters. The quantitative estimate of drug-likeness (QED) is 0.612. The highest BCUT2D eigenvalue weighted by atomic mass is 79.9. The number of benzene rings is 2. The molecule has 1 fully saturated rings. The van der Waals surface area contributed by atoms with Crippen molar-refractivity contribution in [1.29, 1.82) is 0 Å². The van der Waals surface area contributed by atoms with Gasteiger partial charge in [0.1, 0.15) is 5.75 Å². The number of carbonyl (C=O) groups excluding carboxylic acids is 1. The van der Waals surface area contributed by atoms with Gasteiger partial charge in [0.2, 0.25) is 0 Å². The van der Waals surface area contributed by atoms with Crippen molar-refractivity contribution in [3.8, 4) is 5.75 Å². The van der Waals surface area contributed by atoms with E-state index in [0.29, 0.717) is 17.3 Å². The number of fused-ring (bicyclic) bond motifs is 1. The summed E-state index contributed by atoms with van der Waals surface area (Å²) in [6.07, 6.45) is 3.37. The summed E-state index contributed by atoms with van der Waals surface area (Å²) in [4.78, 5) is 15.0. The van der Waals surface area contributed by atoms with Crippen molar-refractivity contribution in [1.82, 2.24) is 0 Å². The zero-order valence-corrected chi connectivity index (χ0v) is 16.5. The monoisotopic (exact) mass is 456 g/mol. The summed E-state index contributed by atoms with van der Waals surface area (Å²) in [5.41, 5.74) is -0.394. The van der Waals surface area contributed by atoms with E-state index in [-0.39, 0.29) is 11.7 Å². The predicted octanol–water partition coefficient (Wildman–Crippen LogP) is 5.39. The molecule has 2 aromatic rings. The lowest BCUT2D eigenvalue weighted by atomic mass is 10.1. The van der Waals surface area contributed by atoms with Crippen molar-refractivity contribution in [2.75, 3.05) is 16.8 Å². The third kappa shape index (κ3) is 4.19. The van der Waals surface area contributed by atoms with Crippen LogP contribution in [-0.4, -0.2) is 24.1 Å². The maximum Gasteiger partial charge on any atom is 0.487 e. The van der Waals surface area contributed by atoms with Gasteiger partial charge in [-0.3, -0.25) is 4.79 Å². The topological polar surface area (TPSA) is 41.6 Å². The molecule has 1 amide bonds. The number of hydrogen-bond acceptors (Lipinski definition) is 3. The lowest BCUT2D eigenvalue weighted by molar-refractivity contribution is -0.0964. The van der Waals surface area contributed by atoms with Crippen molar-refractivity contribution >= 4 is 44.8 Å². The molecule has 1 aliphatic carbocycles. The average molecular weight is 458 g/mol. The van der Waals surface area contributed by atoms with E-state index in [1.165, 1.54) is 42.8 Å². The minimum Gasteiger partial charge on any atom is -0.420 e. The highest BCUT2D eigenvalue weighted by Gasteiger charge is 2.35. The van der Waals surface area contributed by atoms with E-state index in [2.05, 4.69) is 30.9 Å². The van der Waals surface area contributed by atoms with Crippen molar-refractivity contribution in [2.24, 2.45) is 0 Å².